The van der Waals surface area contributed by atoms with E-state index in [4.69, 9.17) is 9.47 Å². The standard InChI is InChI=1S/C23H25F2N3O5/c1-5-27(12-14-6-9-18(32-3)19(10-14)33-4)20(29)13-28-21(30)23(2,26-22(28)31)15-7-8-16(24)17(25)11-15/h6-11H,5,12-13H2,1-4H3,(H,26,31). The summed E-state index contributed by atoms with van der Waals surface area (Å²) in [6.07, 6.45) is 0. The summed E-state index contributed by atoms with van der Waals surface area (Å²) in [6.45, 7) is 3.21. The Morgan fingerprint density at radius 1 is 1.06 bits per heavy atom. The van der Waals surface area contributed by atoms with E-state index in [0.717, 1.165) is 22.6 Å². The van der Waals surface area contributed by atoms with Crippen molar-refractivity contribution in [3.63, 3.8) is 0 Å². The maximum atomic E-state index is 13.7. The van der Waals surface area contributed by atoms with Crippen molar-refractivity contribution < 1.29 is 32.6 Å². The van der Waals surface area contributed by atoms with E-state index in [1.54, 1.807) is 25.1 Å². The molecule has 0 radical (unpaired) electrons. The number of urea groups is 1. The number of hydrogen-bond acceptors (Lipinski definition) is 5. The first-order valence-corrected chi connectivity index (χ1v) is 10.2. The SMILES string of the molecule is CCN(Cc1ccc(OC)c(OC)c1)C(=O)CN1C(=O)NC(C)(c2ccc(F)c(F)c2)C1=O. The molecule has 4 amide bonds. The summed E-state index contributed by atoms with van der Waals surface area (Å²) in [5, 5.41) is 2.48. The van der Waals surface area contributed by atoms with Gasteiger partial charge in [0.1, 0.15) is 12.1 Å². The van der Waals surface area contributed by atoms with Gasteiger partial charge in [-0.15, -0.1) is 0 Å². The second kappa shape index (κ2) is 9.43. The Labute approximate surface area is 190 Å². The zero-order valence-corrected chi connectivity index (χ0v) is 18.8. The number of likely N-dealkylation sites (N-methyl/N-ethyl adjacent to an activating group) is 1. The number of halogens is 2. The van der Waals surface area contributed by atoms with Gasteiger partial charge in [-0.25, -0.2) is 13.6 Å². The minimum Gasteiger partial charge on any atom is -0.493 e. The lowest BCUT2D eigenvalue weighted by Crippen LogP contribution is -2.44. The average molecular weight is 461 g/mol. The third kappa shape index (κ3) is 4.59. The second-order valence-corrected chi connectivity index (χ2v) is 7.67. The molecule has 2 aromatic carbocycles. The predicted octanol–water partition coefficient (Wildman–Crippen LogP) is 2.80. The van der Waals surface area contributed by atoms with Gasteiger partial charge in [0.2, 0.25) is 5.91 Å². The average Bonchev–Trinajstić information content (AvgIpc) is 3.02. The normalized spacial score (nSPS) is 17.7. The molecule has 33 heavy (non-hydrogen) atoms. The summed E-state index contributed by atoms with van der Waals surface area (Å²) in [5.41, 5.74) is -0.772. The molecule has 0 aromatic heterocycles. The molecule has 2 aromatic rings. The topological polar surface area (TPSA) is 88.2 Å². The lowest BCUT2D eigenvalue weighted by atomic mass is 9.92. The van der Waals surface area contributed by atoms with E-state index in [1.807, 2.05) is 0 Å². The van der Waals surface area contributed by atoms with Crippen LogP contribution < -0.4 is 14.8 Å². The Morgan fingerprint density at radius 3 is 2.36 bits per heavy atom. The maximum Gasteiger partial charge on any atom is 0.325 e. The van der Waals surface area contributed by atoms with Crippen molar-refractivity contribution in [2.45, 2.75) is 25.9 Å². The number of imide groups is 1. The first-order chi connectivity index (χ1) is 15.6. The third-order valence-electron chi connectivity index (χ3n) is 5.62. The van der Waals surface area contributed by atoms with Crippen LogP contribution in [0.25, 0.3) is 0 Å². The highest BCUT2D eigenvalue weighted by atomic mass is 19.2. The molecule has 0 aliphatic carbocycles. The molecule has 1 N–H and O–H groups in total. The molecule has 1 fully saturated rings. The summed E-state index contributed by atoms with van der Waals surface area (Å²) >= 11 is 0. The molecule has 10 heteroatoms. The van der Waals surface area contributed by atoms with Crippen LogP contribution in [0.1, 0.15) is 25.0 Å². The molecule has 3 rings (SSSR count). The van der Waals surface area contributed by atoms with E-state index in [2.05, 4.69) is 5.32 Å². The summed E-state index contributed by atoms with van der Waals surface area (Å²) in [6, 6.07) is 7.41. The number of nitrogens with zero attached hydrogens (tertiary/aromatic N) is 2. The Hall–Kier alpha value is -3.69. The van der Waals surface area contributed by atoms with E-state index in [9.17, 15) is 23.2 Å². The quantitative estimate of drug-likeness (QED) is 0.611. The largest absolute Gasteiger partial charge is 0.493 e. The van der Waals surface area contributed by atoms with Crippen molar-refractivity contribution in [2.24, 2.45) is 0 Å². The summed E-state index contributed by atoms with van der Waals surface area (Å²) < 4.78 is 37.5. The van der Waals surface area contributed by atoms with E-state index in [-0.39, 0.29) is 12.1 Å². The van der Waals surface area contributed by atoms with Crippen molar-refractivity contribution in [3.8, 4) is 11.5 Å². The molecule has 1 heterocycles. The number of rotatable bonds is 8. The number of carbonyl (C=O) groups excluding carboxylic acids is 3. The van der Waals surface area contributed by atoms with Crippen LogP contribution in [-0.2, 0) is 21.7 Å². The number of nitrogens with one attached hydrogen (secondary N) is 1. The molecule has 1 unspecified atom stereocenters. The predicted molar refractivity (Wildman–Crippen MR) is 115 cm³/mol. The molecule has 1 aliphatic heterocycles. The molecule has 8 nitrogen and oxygen atoms in total. The molecule has 0 bridgehead atoms. The summed E-state index contributed by atoms with van der Waals surface area (Å²) in [5.74, 6) is -2.34. The van der Waals surface area contributed by atoms with Crippen LogP contribution in [0.15, 0.2) is 36.4 Å². The Bertz CT molecular complexity index is 1090. The van der Waals surface area contributed by atoms with Crippen LogP contribution in [0.4, 0.5) is 13.6 Å². The Balaban J connectivity index is 1.76. The van der Waals surface area contributed by atoms with Gasteiger partial charge in [-0.05, 0) is 49.2 Å². The fraction of sp³-hybridized carbons (Fsp3) is 0.348. The van der Waals surface area contributed by atoms with Crippen molar-refractivity contribution >= 4 is 17.8 Å². The van der Waals surface area contributed by atoms with Crippen LogP contribution in [0.2, 0.25) is 0 Å². The molecular weight excluding hydrogens is 436 g/mol. The van der Waals surface area contributed by atoms with E-state index in [0.29, 0.717) is 18.0 Å². The number of benzene rings is 2. The minimum absolute atomic E-state index is 0.0763. The first kappa shape index (κ1) is 24.0. The highest BCUT2D eigenvalue weighted by molar-refractivity contribution is 6.09. The van der Waals surface area contributed by atoms with Gasteiger partial charge >= 0.3 is 6.03 Å². The maximum absolute atomic E-state index is 13.7. The molecule has 0 saturated carbocycles. The van der Waals surface area contributed by atoms with E-state index >= 15 is 0 Å². The van der Waals surface area contributed by atoms with Crippen molar-refractivity contribution in [3.05, 3.63) is 59.2 Å². The van der Waals surface area contributed by atoms with Crippen LogP contribution >= 0.6 is 0 Å². The van der Waals surface area contributed by atoms with Gasteiger partial charge in [0.15, 0.2) is 23.1 Å². The van der Waals surface area contributed by atoms with Gasteiger partial charge in [-0.3, -0.25) is 14.5 Å². The summed E-state index contributed by atoms with van der Waals surface area (Å²) in [4.78, 5) is 40.7. The molecule has 176 valence electrons. The molecule has 0 spiro atoms. The van der Waals surface area contributed by atoms with Crippen molar-refractivity contribution in [1.29, 1.82) is 0 Å². The lowest BCUT2D eigenvalue weighted by Gasteiger charge is -2.25. The first-order valence-electron chi connectivity index (χ1n) is 10.2. The Kier molecular flexibility index (Phi) is 6.85. The molecule has 1 atom stereocenters. The molecule has 1 aliphatic rings. The monoisotopic (exact) mass is 461 g/mol. The zero-order chi connectivity index (χ0) is 24.3. The van der Waals surface area contributed by atoms with E-state index < -0.39 is 41.6 Å². The highest BCUT2D eigenvalue weighted by Crippen LogP contribution is 2.30. The number of ether oxygens (including phenoxy) is 2. The van der Waals surface area contributed by atoms with E-state index in [1.165, 1.54) is 32.1 Å². The van der Waals surface area contributed by atoms with Gasteiger partial charge in [0, 0.05) is 13.1 Å². The van der Waals surface area contributed by atoms with Crippen LogP contribution in [0.3, 0.4) is 0 Å². The van der Waals surface area contributed by atoms with Gasteiger partial charge < -0.3 is 19.7 Å². The van der Waals surface area contributed by atoms with Crippen molar-refractivity contribution in [1.82, 2.24) is 15.1 Å². The Morgan fingerprint density at radius 2 is 1.76 bits per heavy atom. The molecular formula is C23H25F2N3O5. The van der Waals surface area contributed by atoms with Crippen LogP contribution in [0.5, 0.6) is 11.5 Å². The zero-order valence-electron chi connectivity index (χ0n) is 18.8. The van der Waals surface area contributed by atoms with Crippen LogP contribution in [-0.4, -0.2) is 55.0 Å². The fourth-order valence-electron chi connectivity index (χ4n) is 3.65. The second-order valence-electron chi connectivity index (χ2n) is 7.67. The lowest BCUT2D eigenvalue weighted by molar-refractivity contribution is -0.139. The summed E-state index contributed by atoms with van der Waals surface area (Å²) in [7, 11) is 3.03. The molecule has 1 saturated heterocycles. The van der Waals surface area contributed by atoms with Gasteiger partial charge in [0.05, 0.1) is 14.2 Å². The van der Waals surface area contributed by atoms with Crippen molar-refractivity contribution in [2.75, 3.05) is 27.3 Å². The third-order valence-corrected chi connectivity index (χ3v) is 5.62. The van der Waals surface area contributed by atoms with Gasteiger partial charge in [0.25, 0.3) is 5.91 Å². The fourth-order valence-corrected chi connectivity index (χ4v) is 3.65. The number of methoxy groups -OCH3 is 2. The van der Waals surface area contributed by atoms with Gasteiger partial charge in [-0.1, -0.05) is 12.1 Å². The minimum atomic E-state index is -1.62. The number of hydrogen-bond donors (Lipinski definition) is 1. The van der Waals surface area contributed by atoms with Gasteiger partial charge in [-0.2, -0.15) is 0 Å². The van der Waals surface area contributed by atoms with Crippen LogP contribution in [0, 0.1) is 11.6 Å². The number of carbonyl (C=O) groups is 3. The number of amides is 4. The smallest absolute Gasteiger partial charge is 0.325 e. The highest BCUT2D eigenvalue weighted by Gasteiger charge is 2.50.